The average molecular weight is 1030 g/mol. The van der Waals surface area contributed by atoms with Crippen LogP contribution in [0.25, 0.3) is 0 Å². The van der Waals surface area contributed by atoms with Crippen LogP contribution in [0.5, 0.6) is 0 Å². The molecule has 428 valence electrons. The van der Waals surface area contributed by atoms with E-state index in [-0.39, 0.29) is 31.1 Å². The van der Waals surface area contributed by atoms with Crippen molar-refractivity contribution in [1.82, 2.24) is 0 Å². The molecule has 0 aromatic rings. The van der Waals surface area contributed by atoms with Crippen molar-refractivity contribution in [2.24, 2.45) is 0 Å². The number of ether oxygens (including phenoxy) is 3. The van der Waals surface area contributed by atoms with Crippen LogP contribution in [0, 0.1) is 0 Å². The van der Waals surface area contributed by atoms with Crippen LogP contribution in [0.3, 0.4) is 0 Å². The Bertz CT molecular complexity index is 1370. The van der Waals surface area contributed by atoms with E-state index >= 15 is 0 Å². The number of allylic oxidation sites excluding steroid dienone is 12. The van der Waals surface area contributed by atoms with Gasteiger partial charge < -0.3 is 14.2 Å². The molecule has 0 aromatic carbocycles. The lowest BCUT2D eigenvalue weighted by atomic mass is 10.0. The molecule has 0 aliphatic rings. The first-order valence-corrected chi connectivity index (χ1v) is 31.9. The molecule has 0 bridgehead atoms. The maximum atomic E-state index is 12.9. The Labute approximate surface area is 459 Å². The van der Waals surface area contributed by atoms with Gasteiger partial charge in [0.25, 0.3) is 0 Å². The second kappa shape index (κ2) is 62.4. The molecule has 1 atom stereocenters. The second-order valence-electron chi connectivity index (χ2n) is 21.3. The fourth-order valence-corrected chi connectivity index (χ4v) is 9.13. The van der Waals surface area contributed by atoms with Crippen molar-refractivity contribution in [2.75, 3.05) is 13.2 Å². The Kier molecular flexibility index (Phi) is 59.7. The van der Waals surface area contributed by atoms with E-state index in [1.54, 1.807) is 0 Å². The maximum absolute atomic E-state index is 12.9. The summed E-state index contributed by atoms with van der Waals surface area (Å²) in [6.45, 7) is 6.51. The van der Waals surface area contributed by atoms with Crippen LogP contribution in [-0.2, 0) is 28.6 Å². The first-order chi connectivity index (χ1) is 36.5. The van der Waals surface area contributed by atoms with Crippen molar-refractivity contribution in [3.05, 3.63) is 72.9 Å². The predicted molar refractivity (Wildman–Crippen MR) is 321 cm³/mol. The highest BCUT2D eigenvalue weighted by Crippen LogP contribution is 2.16. The number of hydrogen-bond donors (Lipinski definition) is 0. The second-order valence-corrected chi connectivity index (χ2v) is 21.3. The Morgan fingerprint density at radius 3 is 0.851 bits per heavy atom. The van der Waals surface area contributed by atoms with Crippen molar-refractivity contribution < 1.29 is 28.6 Å². The first kappa shape index (κ1) is 70.8. The van der Waals surface area contributed by atoms with E-state index in [0.29, 0.717) is 19.3 Å². The van der Waals surface area contributed by atoms with Gasteiger partial charge in [-0.25, -0.2) is 0 Å². The smallest absolute Gasteiger partial charge is 0.306 e. The summed E-state index contributed by atoms with van der Waals surface area (Å²) in [5, 5.41) is 0. The van der Waals surface area contributed by atoms with E-state index in [4.69, 9.17) is 14.2 Å². The molecule has 0 saturated heterocycles. The monoisotopic (exact) mass is 1030 g/mol. The SMILES string of the molecule is CC/C=C\C/C=C\C/C=C\CCCCCC(=O)OCC(COC(=O)CCCCCCCCCCCCCCCCC/C=C\C/C=C\CCCCCCC)OC(=O)CCCCCCC/C=C\CCCCCCCCC. The molecule has 0 N–H and O–H groups in total. The van der Waals surface area contributed by atoms with Gasteiger partial charge in [0.15, 0.2) is 6.10 Å². The molecule has 0 saturated carbocycles. The summed E-state index contributed by atoms with van der Waals surface area (Å²) in [5.41, 5.74) is 0. The van der Waals surface area contributed by atoms with E-state index in [1.165, 1.54) is 180 Å². The van der Waals surface area contributed by atoms with Crippen molar-refractivity contribution >= 4 is 17.9 Å². The maximum Gasteiger partial charge on any atom is 0.306 e. The lowest BCUT2D eigenvalue weighted by molar-refractivity contribution is -0.167. The van der Waals surface area contributed by atoms with Gasteiger partial charge in [-0.1, -0.05) is 267 Å². The molecular formula is C68H120O6. The van der Waals surface area contributed by atoms with Crippen molar-refractivity contribution in [1.29, 1.82) is 0 Å². The lowest BCUT2D eigenvalue weighted by Crippen LogP contribution is -2.30. The minimum absolute atomic E-state index is 0.0864. The molecule has 0 aliphatic heterocycles. The van der Waals surface area contributed by atoms with E-state index in [1.807, 2.05) is 0 Å². The number of rotatable bonds is 58. The molecule has 6 heteroatoms. The minimum Gasteiger partial charge on any atom is -0.462 e. The predicted octanol–water partition coefficient (Wildman–Crippen LogP) is 21.7. The Hall–Kier alpha value is -3.15. The van der Waals surface area contributed by atoms with Crippen molar-refractivity contribution in [3.63, 3.8) is 0 Å². The van der Waals surface area contributed by atoms with Crippen LogP contribution in [0.4, 0.5) is 0 Å². The summed E-state index contributed by atoms with van der Waals surface area (Å²) in [6.07, 6.45) is 80.6. The number of hydrogen-bond acceptors (Lipinski definition) is 6. The highest BCUT2D eigenvalue weighted by atomic mass is 16.6. The van der Waals surface area contributed by atoms with Gasteiger partial charge in [0, 0.05) is 19.3 Å². The molecule has 0 spiro atoms. The Morgan fingerprint density at radius 2 is 0.527 bits per heavy atom. The highest BCUT2D eigenvalue weighted by molar-refractivity contribution is 5.71. The fourth-order valence-electron chi connectivity index (χ4n) is 9.13. The number of esters is 3. The summed E-state index contributed by atoms with van der Waals surface area (Å²) in [6, 6.07) is 0. The summed E-state index contributed by atoms with van der Waals surface area (Å²) in [4.78, 5) is 38.2. The minimum atomic E-state index is -0.792. The molecule has 1 unspecified atom stereocenters. The molecule has 0 radical (unpaired) electrons. The molecule has 6 nitrogen and oxygen atoms in total. The third-order valence-corrected chi connectivity index (χ3v) is 13.9. The molecule has 0 aliphatic carbocycles. The molecule has 0 rings (SSSR count). The van der Waals surface area contributed by atoms with Gasteiger partial charge in [0.1, 0.15) is 13.2 Å². The quantitative estimate of drug-likeness (QED) is 0.0261. The van der Waals surface area contributed by atoms with E-state index in [0.717, 1.165) is 103 Å². The van der Waals surface area contributed by atoms with Crippen molar-refractivity contribution in [3.8, 4) is 0 Å². The molecule has 0 heterocycles. The normalized spacial score (nSPS) is 12.5. The van der Waals surface area contributed by atoms with Crippen molar-refractivity contribution in [2.45, 2.75) is 329 Å². The van der Waals surface area contributed by atoms with E-state index < -0.39 is 6.10 Å². The molecule has 74 heavy (non-hydrogen) atoms. The topological polar surface area (TPSA) is 78.9 Å². The van der Waals surface area contributed by atoms with Crippen LogP contribution in [0.2, 0.25) is 0 Å². The zero-order chi connectivity index (χ0) is 53.6. The van der Waals surface area contributed by atoms with Gasteiger partial charge in [-0.05, 0) is 109 Å². The zero-order valence-electron chi connectivity index (χ0n) is 49.1. The fraction of sp³-hybridized carbons (Fsp3) is 0.779. The summed E-state index contributed by atoms with van der Waals surface area (Å²) < 4.78 is 16.9. The third kappa shape index (κ3) is 59.7. The van der Waals surface area contributed by atoms with Gasteiger partial charge in [0.05, 0.1) is 0 Å². The Balaban J connectivity index is 4.26. The summed E-state index contributed by atoms with van der Waals surface area (Å²) in [5.74, 6) is -0.913. The Morgan fingerprint density at radius 1 is 0.284 bits per heavy atom. The van der Waals surface area contributed by atoms with Crippen LogP contribution >= 0.6 is 0 Å². The van der Waals surface area contributed by atoms with E-state index in [2.05, 4.69) is 93.7 Å². The first-order valence-electron chi connectivity index (χ1n) is 31.9. The number of unbranched alkanes of at least 4 members (excludes halogenated alkanes) is 35. The summed E-state index contributed by atoms with van der Waals surface area (Å²) >= 11 is 0. The largest absolute Gasteiger partial charge is 0.462 e. The average Bonchev–Trinajstić information content (AvgIpc) is 3.40. The van der Waals surface area contributed by atoms with Gasteiger partial charge >= 0.3 is 17.9 Å². The highest BCUT2D eigenvalue weighted by Gasteiger charge is 2.19. The van der Waals surface area contributed by atoms with Gasteiger partial charge in [-0.15, -0.1) is 0 Å². The molecule has 0 aromatic heterocycles. The van der Waals surface area contributed by atoms with Crippen LogP contribution in [0.1, 0.15) is 323 Å². The van der Waals surface area contributed by atoms with Crippen LogP contribution < -0.4 is 0 Å². The standard InChI is InChI=1S/C68H120O6/c1-4-7-10-13-16-19-22-25-27-29-30-31-32-33-34-35-36-37-38-39-41-43-46-49-52-55-58-61-67(70)73-64-65(63-72-66(69)60-57-54-51-48-45-42-24-21-18-15-12-9-6-3)74-68(71)62-59-56-53-50-47-44-40-28-26-23-20-17-14-11-8-5-2/h9,12,18,21-22,25,28-30,40,42,45,65H,4-8,10-11,13-17,19-20,23-24,26-27,31-39,41,43-44,46-64H2,1-3H3/b12-9-,21-18-,25-22-,30-29-,40-28-,45-42-. The van der Waals surface area contributed by atoms with Gasteiger partial charge in [-0.2, -0.15) is 0 Å². The van der Waals surface area contributed by atoms with Crippen LogP contribution in [-0.4, -0.2) is 37.2 Å². The zero-order valence-corrected chi connectivity index (χ0v) is 49.1. The van der Waals surface area contributed by atoms with Gasteiger partial charge in [0.2, 0.25) is 0 Å². The van der Waals surface area contributed by atoms with Crippen LogP contribution in [0.15, 0.2) is 72.9 Å². The summed E-state index contributed by atoms with van der Waals surface area (Å²) in [7, 11) is 0. The van der Waals surface area contributed by atoms with Gasteiger partial charge in [-0.3, -0.25) is 14.4 Å². The number of carbonyl (C=O) groups is 3. The third-order valence-electron chi connectivity index (χ3n) is 13.9. The number of carbonyl (C=O) groups excluding carboxylic acids is 3. The molecular weight excluding hydrogens is 913 g/mol. The van der Waals surface area contributed by atoms with E-state index in [9.17, 15) is 14.4 Å². The molecule has 0 fully saturated rings. The molecule has 0 amide bonds. The lowest BCUT2D eigenvalue weighted by Gasteiger charge is -2.18.